The van der Waals surface area contributed by atoms with E-state index in [2.05, 4.69) is 21.2 Å². The molecular formula is C20H16BrCl3N2O4. The normalized spacial score (nSPS) is 16.0. The molecule has 6 nitrogen and oxygen atoms in total. The molecule has 30 heavy (non-hydrogen) atoms. The fraction of sp³-hybridized carbons (Fsp3) is 0.250. The predicted molar refractivity (Wildman–Crippen MR) is 120 cm³/mol. The standard InChI is InChI=1S/C20H16BrCl3N2O4/c1-10-14(6-5-12(21)18(10)23)25-16(27)9-30-20(29)11-7-17(28)26(8-11)15-4-2-3-13(22)19(15)24/h2-6,11H,7-9H2,1H3,(H,25,27)/t11-/m1/s1. The number of nitrogens with zero attached hydrogens (tertiary/aromatic N) is 1. The molecule has 0 bridgehead atoms. The number of ether oxygens (including phenoxy) is 1. The number of hydrogen-bond donors (Lipinski definition) is 1. The zero-order chi connectivity index (χ0) is 22.0. The van der Waals surface area contributed by atoms with Crippen molar-refractivity contribution in [1.82, 2.24) is 0 Å². The van der Waals surface area contributed by atoms with Crippen molar-refractivity contribution in [3.8, 4) is 0 Å². The molecule has 0 radical (unpaired) electrons. The highest BCUT2D eigenvalue weighted by atomic mass is 79.9. The van der Waals surface area contributed by atoms with Crippen LogP contribution in [0.5, 0.6) is 0 Å². The van der Waals surface area contributed by atoms with Crippen molar-refractivity contribution in [2.75, 3.05) is 23.4 Å². The second-order valence-electron chi connectivity index (χ2n) is 6.67. The maximum absolute atomic E-state index is 12.4. The van der Waals surface area contributed by atoms with E-state index in [1.807, 2.05) is 0 Å². The van der Waals surface area contributed by atoms with Crippen molar-refractivity contribution < 1.29 is 19.1 Å². The third kappa shape index (κ3) is 4.91. The minimum atomic E-state index is -0.704. The van der Waals surface area contributed by atoms with Crippen LogP contribution in [0.15, 0.2) is 34.8 Å². The summed E-state index contributed by atoms with van der Waals surface area (Å²) < 4.78 is 5.82. The maximum atomic E-state index is 12.4. The summed E-state index contributed by atoms with van der Waals surface area (Å²) in [4.78, 5) is 38.3. The summed E-state index contributed by atoms with van der Waals surface area (Å²) in [6, 6.07) is 8.32. The van der Waals surface area contributed by atoms with E-state index >= 15 is 0 Å². The van der Waals surface area contributed by atoms with E-state index in [4.69, 9.17) is 39.5 Å². The highest BCUT2D eigenvalue weighted by Crippen LogP contribution is 2.36. The Morgan fingerprint density at radius 3 is 2.67 bits per heavy atom. The average Bonchev–Trinajstić information content (AvgIpc) is 3.10. The molecule has 0 aromatic heterocycles. The molecule has 1 aliphatic rings. The SMILES string of the molecule is Cc1c(NC(=O)COC(=O)[C@@H]2CC(=O)N(c3cccc(Cl)c3Cl)C2)ccc(Br)c1Cl. The van der Waals surface area contributed by atoms with Crippen molar-refractivity contribution in [3.63, 3.8) is 0 Å². The van der Waals surface area contributed by atoms with E-state index in [0.29, 0.717) is 31.5 Å². The van der Waals surface area contributed by atoms with Crippen molar-refractivity contribution in [2.45, 2.75) is 13.3 Å². The van der Waals surface area contributed by atoms with Gasteiger partial charge in [-0.3, -0.25) is 14.4 Å². The Balaban J connectivity index is 1.58. The smallest absolute Gasteiger partial charge is 0.311 e. The van der Waals surface area contributed by atoms with Gasteiger partial charge in [-0.1, -0.05) is 40.9 Å². The van der Waals surface area contributed by atoms with Crippen LogP contribution in [0.3, 0.4) is 0 Å². The summed E-state index contributed by atoms with van der Waals surface area (Å²) in [7, 11) is 0. The Morgan fingerprint density at radius 1 is 1.20 bits per heavy atom. The van der Waals surface area contributed by atoms with Crippen LogP contribution in [0, 0.1) is 12.8 Å². The monoisotopic (exact) mass is 532 g/mol. The second kappa shape index (κ2) is 9.56. The molecule has 2 aromatic carbocycles. The number of esters is 1. The van der Waals surface area contributed by atoms with E-state index in [1.54, 1.807) is 37.3 Å². The zero-order valence-corrected chi connectivity index (χ0v) is 19.5. The Morgan fingerprint density at radius 2 is 1.93 bits per heavy atom. The molecule has 2 amide bonds. The van der Waals surface area contributed by atoms with Crippen LogP contribution in [0.1, 0.15) is 12.0 Å². The van der Waals surface area contributed by atoms with Crippen LogP contribution in [0.25, 0.3) is 0 Å². The molecule has 158 valence electrons. The zero-order valence-electron chi connectivity index (χ0n) is 15.7. The fourth-order valence-corrected chi connectivity index (χ4v) is 4.02. The number of benzene rings is 2. The topological polar surface area (TPSA) is 75.7 Å². The molecule has 0 spiro atoms. The summed E-state index contributed by atoms with van der Waals surface area (Å²) in [6.45, 7) is 1.38. The van der Waals surface area contributed by atoms with Crippen LogP contribution in [-0.4, -0.2) is 30.9 Å². The lowest BCUT2D eigenvalue weighted by atomic mass is 10.1. The van der Waals surface area contributed by atoms with Crippen LogP contribution in [0.2, 0.25) is 15.1 Å². The lowest BCUT2D eigenvalue weighted by molar-refractivity contribution is -0.151. The molecule has 1 saturated heterocycles. The molecule has 1 heterocycles. The molecule has 0 unspecified atom stereocenters. The molecular weight excluding hydrogens is 518 g/mol. The molecule has 10 heteroatoms. The number of amides is 2. The first kappa shape index (κ1) is 22.9. The molecule has 1 aliphatic heterocycles. The first-order valence-corrected chi connectivity index (χ1v) is 10.8. The minimum absolute atomic E-state index is 0.0370. The summed E-state index contributed by atoms with van der Waals surface area (Å²) >= 11 is 21.6. The van der Waals surface area contributed by atoms with E-state index in [1.165, 1.54) is 4.90 Å². The van der Waals surface area contributed by atoms with Crippen LogP contribution < -0.4 is 10.2 Å². The molecule has 0 saturated carbocycles. The Kier molecular flexibility index (Phi) is 7.29. The van der Waals surface area contributed by atoms with Gasteiger partial charge in [0.05, 0.1) is 26.7 Å². The number of hydrogen-bond acceptors (Lipinski definition) is 4. The van der Waals surface area contributed by atoms with Crippen molar-refractivity contribution >= 4 is 79.9 Å². The number of rotatable bonds is 5. The van der Waals surface area contributed by atoms with Crippen molar-refractivity contribution in [3.05, 3.63) is 55.4 Å². The van der Waals surface area contributed by atoms with Gasteiger partial charge in [0, 0.05) is 23.1 Å². The lowest BCUT2D eigenvalue weighted by Gasteiger charge is -2.18. The van der Waals surface area contributed by atoms with E-state index in [-0.39, 0.29) is 23.9 Å². The quantitative estimate of drug-likeness (QED) is 0.532. The summed E-state index contributed by atoms with van der Waals surface area (Å²) in [5, 5.41) is 3.68. The lowest BCUT2D eigenvalue weighted by Crippen LogP contribution is -2.28. The molecule has 3 rings (SSSR count). The van der Waals surface area contributed by atoms with E-state index in [9.17, 15) is 14.4 Å². The second-order valence-corrected chi connectivity index (χ2v) is 8.69. The minimum Gasteiger partial charge on any atom is -0.455 e. The number of carbonyl (C=O) groups is 3. The van der Waals surface area contributed by atoms with Gasteiger partial charge in [0.2, 0.25) is 5.91 Å². The average molecular weight is 535 g/mol. The molecule has 0 aliphatic carbocycles. The molecule has 2 aromatic rings. The maximum Gasteiger partial charge on any atom is 0.311 e. The first-order valence-electron chi connectivity index (χ1n) is 8.84. The van der Waals surface area contributed by atoms with Gasteiger partial charge in [-0.05, 0) is 52.7 Å². The van der Waals surface area contributed by atoms with Crippen LogP contribution in [0.4, 0.5) is 11.4 Å². The molecule has 1 fully saturated rings. The Hall–Kier alpha value is -1.80. The van der Waals surface area contributed by atoms with Gasteiger partial charge in [-0.2, -0.15) is 0 Å². The van der Waals surface area contributed by atoms with Gasteiger partial charge in [0.15, 0.2) is 6.61 Å². The van der Waals surface area contributed by atoms with Gasteiger partial charge < -0.3 is 15.0 Å². The summed E-state index contributed by atoms with van der Waals surface area (Å²) in [5.74, 6) is -2.12. The third-order valence-corrected chi connectivity index (χ3v) is 6.82. The predicted octanol–water partition coefficient (Wildman–Crippen LogP) is 5.25. The van der Waals surface area contributed by atoms with Gasteiger partial charge >= 0.3 is 5.97 Å². The highest BCUT2D eigenvalue weighted by Gasteiger charge is 2.37. The van der Waals surface area contributed by atoms with E-state index < -0.39 is 24.4 Å². The number of halogens is 4. The van der Waals surface area contributed by atoms with E-state index in [0.717, 1.165) is 0 Å². The first-order chi connectivity index (χ1) is 14.2. The van der Waals surface area contributed by atoms with Gasteiger partial charge in [-0.25, -0.2) is 0 Å². The number of carbonyl (C=O) groups excluding carboxylic acids is 3. The third-order valence-electron chi connectivity index (χ3n) is 4.64. The van der Waals surface area contributed by atoms with Crippen molar-refractivity contribution in [1.29, 1.82) is 0 Å². The Bertz CT molecular complexity index is 1030. The van der Waals surface area contributed by atoms with Crippen LogP contribution in [-0.2, 0) is 19.1 Å². The van der Waals surface area contributed by atoms with Crippen LogP contribution >= 0.6 is 50.7 Å². The number of nitrogens with one attached hydrogen (secondary N) is 1. The van der Waals surface area contributed by atoms with Crippen molar-refractivity contribution in [2.24, 2.45) is 5.92 Å². The Labute approximate surface area is 196 Å². The molecule has 1 atom stereocenters. The molecule has 1 N–H and O–H groups in total. The van der Waals surface area contributed by atoms with Gasteiger partial charge in [0.25, 0.3) is 5.91 Å². The summed E-state index contributed by atoms with van der Waals surface area (Å²) in [6.07, 6.45) is -0.0370. The summed E-state index contributed by atoms with van der Waals surface area (Å²) in [5.41, 5.74) is 1.63. The number of anilines is 2. The highest BCUT2D eigenvalue weighted by molar-refractivity contribution is 9.10. The van der Waals surface area contributed by atoms with Gasteiger partial charge in [-0.15, -0.1) is 0 Å². The largest absolute Gasteiger partial charge is 0.455 e. The van der Waals surface area contributed by atoms with Gasteiger partial charge in [0.1, 0.15) is 0 Å². The fourth-order valence-electron chi connectivity index (χ4n) is 3.03.